The molecule has 27 heavy (non-hydrogen) atoms. The molecule has 0 spiro atoms. The van der Waals surface area contributed by atoms with E-state index < -0.39 is 0 Å². The van der Waals surface area contributed by atoms with Crippen molar-refractivity contribution >= 4 is 17.5 Å². The van der Waals surface area contributed by atoms with Crippen molar-refractivity contribution in [1.82, 2.24) is 24.5 Å². The molecule has 2 heterocycles. The average Bonchev–Trinajstić information content (AvgIpc) is 3.11. The molecule has 0 aliphatic carbocycles. The molecule has 0 aromatic carbocycles. The molecule has 0 saturated heterocycles. The number of urea groups is 1. The van der Waals surface area contributed by atoms with Crippen molar-refractivity contribution in [3.05, 3.63) is 24.2 Å². The number of carbonyl (C=O) groups is 1. The van der Waals surface area contributed by atoms with Gasteiger partial charge in [0.05, 0.1) is 29.7 Å². The third kappa shape index (κ3) is 5.82. The van der Waals surface area contributed by atoms with E-state index in [1.165, 1.54) is 0 Å². The fourth-order valence-electron chi connectivity index (χ4n) is 2.48. The van der Waals surface area contributed by atoms with Crippen molar-refractivity contribution in [2.24, 2.45) is 0 Å². The monoisotopic (exact) mass is 375 g/mol. The van der Waals surface area contributed by atoms with Crippen LogP contribution in [0.3, 0.4) is 0 Å². The van der Waals surface area contributed by atoms with Gasteiger partial charge in [-0.05, 0) is 34.9 Å². The largest absolute Gasteiger partial charge is 0.324 e. The summed E-state index contributed by atoms with van der Waals surface area (Å²) in [4.78, 5) is 14.6. The van der Waals surface area contributed by atoms with E-state index in [9.17, 15) is 4.79 Å². The zero-order valence-corrected chi connectivity index (χ0v) is 17.8. The van der Waals surface area contributed by atoms with Crippen LogP contribution >= 0.6 is 0 Å². The van der Waals surface area contributed by atoms with Crippen molar-refractivity contribution in [3.63, 3.8) is 0 Å². The lowest BCUT2D eigenvalue weighted by atomic mass is 9.92. The lowest BCUT2D eigenvalue weighted by Crippen LogP contribution is -2.28. The molecule has 2 aromatic rings. The van der Waals surface area contributed by atoms with Crippen molar-refractivity contribution in [2.45, 2.75) is 59.0 Å². The SMILES string of the molecule is CN(C)CCn1cc(NC(=O)Nc2cc(C(C)(C)C)nn2C(C)(C)C)cn1. The van der Waals surface area contributed by atoms with E-state index in [1.54, 1.807) is 6.20 Å². The van der Waals surface area contributed by atoms with Crippen LogP contribution in [-0.2, 0) is 17.5 Å². The Bertz CT molecular complexity index is 775. The fourth-order valence-corrected chi connectivity index (χ4v) is 2.48. The first kappa shape index (κ1) is 21.0. The minimum atomic E-state index is -0.312. The minimum Gasteiger partial charge on any atom is -0.308 e. The van der Waals surface area contributed by atoms with Crippen LogP contribution in [0.1, 0.15) is 47.2 Å². The van der Waals surface area contributed by atoms with Gasteiger partial charge in [-0.1, -0.05) is 20.8 Å². The molecule has 2 aromatic heterocycles. The Morgan fingerprint density at radius 2 is 1.81 bits per heavy atom. The number of carbonyl (C=O) groups excluding carboxylic acids is 1. The summed E-state index contributed by atoms with van der Waals surface area (Å²) in [7, 11) is 4.03. The number of hydrogen-bond donors (Lipinski definition) is 2. The van der Waals surface area contributed by atoms with Crippen molar-refractivity contribution in [3.8, 4) is 0 Å². The molecule has 8 nitrogen and oxygen atoms in total. The highest BCUT2D eigenvalue weighted by atomic mass is 16.2. The topological polar surface area (TPSA) is 80.0 Å². The Balaban J connectivity index is 2.10. The number of aromatic nitrogens is 4. The van der Waals surface area contributed by atoms with Crippen molar-refractivity contribution in [1.29, 1.82) is 0 Å². The number of anilines is 2. The summed E-state index contributed by atoms with van der Waals surface area (Å²) in [5.41, 5.74) is 1.24. The summed E-state index contributed by atoms with van der Waals surface area (Å²) >= 11 is 0. The van der Waals surface area contributed by atoms with E-state index in [0.717, 1.165) is 18.8 Å². The molecule has 8 heteroatoms. The predicted molar refractivity (Wildman–Crippen MR) is 109 cm³/mol. The molecule has 0 aliphatic heterocycles. The van der Waals surface area contributed by atoms with E-state index in [4.69, 9.17) is 5.10 Å². The van der Waals surface area contributed by atoms with Crippen LogP contribution in [-0.4, -0.2) is 51.1 Å². The molecule has 2 amide bonds. The second-order valence-electron chi connectivity index (χ2n) is 9.12. The number of hydrogen-bond acceptors (Lipinski definition) is 4. The summed E-state index contributed by atoms with van der Waals surface area (Å²) < 4.78 is 3.67. The van der Waals surface area contributed by atoms with Gasteiger partial charge in [0.15, 0.2) is 0 Å². The van der Waals surface area contributed by atoms with Gasteiger partial charge in [-0.2, -0.15) is 10.2 Å². The molecule has 150 valence electrons. The van der Waals surface area contributed by atoms with Crippen LogP contribution in [0, 0.1) is 0 Å². The molecule has 2 rings (SSSR count). The summed E-state index contributed by atoms with van der Waals surface area (Å²) in [5.74, 6) is 0.671. The van der Waals surface area contributed by atoms with Gasteiger partial charge in [-0.3, -0.25) is 10.00 Å². The van der Waals surface area contributed by atoms with Crippen molar-refractivity contribution in [2.75, 3.05) is 31.3 Å². The highest BCUT2D eigenvalue weighted by Crippen LogP contribution is 2.28. The maximum atomic E-state index is 12.5. The number of likely N-dealkylation sites (N-methyl/N-ethyl adjacent to an activating group) is 1. The molecular weight excluding hydrogens is 342 g/mol. The normalized spacial score (nSPS) is 12.5. The lowest BCUT2D eigenvalue weighted by Gasteiger charge is -2.23. The molecule has 0 saturated carbocycles. The van der Waals surface area contributed by atoms with Crippen LogP contribution in [0.2, 0.25) is 0 Å². The van der Waals surface area contributed by atoms with Gasteiger partial charge in [-0.25, -0.2) is 9.48 Å². The maximum absolute atomic E-state index is 12.5. The number of nitrogens with one attached hydrogen (secondary N) is 2. The molecule has 0 bridgehead atoms. The Labute approximate surface area is 161 Å². The standard InChI is InChI=1S/C19H33N7O/c1-18(2,3)15-11-16(26(23-15)19(4,5)6)22-17(27)21-14-12-20-25(13-14)10-9-24(7)8/h11-13H,9-10H2,1-8H3,(H2,21,22,27). The van der Waals surface area contributed by atoms with Crippen molar-refractivity contribution < 1.29 is 4.79 Å². The second kappa shape index (κ2) is 7.72. The average molecular weight is 376 g/mol. The summed E-state index contributed by atoms with van der Waals surface area (Å²) in [6.07, 6.45) is 3.47. The Morgan fingerprint density at radius 3 is 2.37 bits per heavy atom. The zero-order valence-electron chi connectivity index (χ0n) is 17.8. The number of rotatable bonds is 5. The van der Waals surface area contributed by atoms with Gasteiger partial charge >= 0.3 is 6.03 Å². The molecule has 0 radical (unpaired) electrons. The van der Waals surface area contributed by atoms with Gasteiger partial charge < -0.3 is 10.2 Å². The van der Waals surface area contributed by atoms with E-state index in [1.807, 2.05) is 35.7 Å². The van der Waals surface area contributed by atoms with Crippen LogP contribution in [0.5, 0.6) is 0 Å². The van der Waals surface area contributed by atoms with E-state index in [0.29, 0.717) is 11.5 Å². The fraction of sp³-hybridized carbons (Fsp3) is 0.632. The summed E-state index contributed by atoms with van der Waals surface area (Å²) in [6.45, 7) is 14.1. The molecule has 0 unspecified atom stereocenters. The number of nitrogens with zero attached hydrogens (tertiary/aromatic N) is 5. The first-order chi connectivity index (χ1) is 12.4. The smallest absolute Gasteiger partial charge is 0.308 e. The maximum Gasteiger partial charge on any atom is 0.324 e. The third-order valence-corrected chi connectivity index (χ3v) is 4.02. The first-order valence-corrected chi connectivity index (χ1v) is 9.22. The summed E-state index contributed by atoms with van der Waals surface area (Å²) in [6, 6.07) is 1.62. The minimum absolute atomic E-state index is 0.100. The Hall–Kier alpha value is -2.35. The van der Waals surface area contributed by atoms with Gasteiger partial charge in [-0.15, -0.1) is 0 Å². The lowest BCUT2D eigenvalue weighted by molar-refractivity contribution is 0.261. The molecule has 2 N–H and O–H groups in total. The van der Waals surface area contributed by atoms with Crippen LogP contribution in [0.25, 0.3) is 0 Å². The van der Waals surface area contributed by atoms with E-state index in [-0.39, 0.29) is 17.0 Å². The molecular formula is C19H33N7O. The van der Waals surface area contributed by atoms with Crippen LogP contribution < -0.4 is 10.6 Å². The number of amides is 2. The zero-order chi connectivity index (χ0) is 20.4. The molecule has 0 atom stereocenters. The molecule has 0 aliphatic rings. The quantitative estimate of drug-likeness (QED) is 0.840. The van der Waals surface area contributed by atoms with Gasteiger partial charge in [0.1, 0.15) is 5.82 Å². The molecule has 0 fully saturated rings. The van der Waals surface area contributed by atoms with Crippen LogP contribution in [0.15, 0.2) is 18.5 Å². The van der Waals surface area contributed by atoms with E-state index >= 15 is 0 Å². The Morgan fingerprint density at radius 1 is 1.15 bits per heavy atom. The highest BCUT2D eigenvalue weighted by molar-refractivity contribution is 5.99. The highest BCUT2D eigenvalue weighted by Gasteiger charge is 2.25. The van der Waals surface area contributed by atoms with Gasteiger partial charge in [0.25, 0.3) is 0 Å². The second-order valence-corrected chi connectivity index (χ2v) is 9.12. The predicted octanol–water partition coefficient (Wildman–Crippen LogP) is 3.34. The third-order valence-electron chi connectivity index (χ3n) is 4.02. The first-order valence-electron chi connectivity index (χ1n) is 9.22. The van der Waals surface area contributed by atoms with Gasteiger partial charge in [0, 0.05) is 24.2 Å². The van der Waals surface area contributed by atoms with E-state index in [2.05, 4.69) is 62.2 Å². The van der Waals surface area contributed by atoms with Crippen LogP contribution in [0.4, 0.5) is 16.3 Å². The van der Waals surface area contributed by atoms with Gasteiger partial charge in [0.2, 0.25) is 0 Å². The summed E-state index contributed by atoms with van der Waals surface area (Å²) in [5, 5.41) is 14.7. The Kier molecular flexibility index (Phi) is 5.99.